The van der Waals surface area contributed by atoms with Crippen molar-refractivity contribution in [2.45, 2.75) is 33.0 Å². The van der Waals surface area contributed by atoms with Gasteiger partial charge in [0.15, 0.2) is 0 Å². The third-order valence-electron chi connectivity index (χ3n) is 3.86. The fraction of sp³-hybridized carbons (Fsp3) is 0.278. The number of hydrogen-bond acceptors (Lipinski definition) is 3. The Morgan fingerprint density at radius 1 is 1.23 bits per heavy atom. The van der Waals surface area contributed by atoms with Gasteiger partial charge in [0.25, 0.3) is 0 Å². The normalized spacial score (nSPS) is 12.5. The van der Waals surface area contributed by atoms with E-state index in [1.54, 1.807) is 0 Å². The molecule has 3 nitrogen and oxygen atoms in total. The number of nitrogens with zero attached hydrogens (tertiary/aromatic N) is 2. The lowest BCUT2D eigenvalue weighted by atomic mass is 10.2. The van der Waals surface area contributed by atoms with Crippen LogP contribution in [0, 0.1) is 6.92 Å². The molecule has 0 spiro atoms. The van der Waals surface area contributed by atoms with E-state index in [-0.39, 0.29) is 0 Å². The first-order valence-electron chi connectivity index (χ1n) is 7.55. The molecule has 0 saturated carbocycles. The van der Waals surface area contributed by atoms with Gasteiger partial charge in [0.1, 0.15) is 5.82 Å². The van der Waals surface area contributed by atoms with Gasteiger partial charge in [-0.1, -0.05) is 30.3 Å². The summed E-state index contributed by atoms with van der Waals surface area (Å²) in [6.45, 7) is 6.02. The fourth-order valence-corrected chi connectivity index (χ4v) is 3.56. The molecule has 1 N–H and O–H groups in total. The second kappa shape index (κ2) is 6.90. The number of aromatic nitrogens is 2. The molecule has 0 aliphatic carbocycles. The van der Waals surface area contributed by atoms with Gasteiger partial charge in [-0.05, 0) is 36.4 Å². The Bertz CT molecular complexity index is 715. The van der Waals surface area contributed by atoms with Gasteiger partial charge in [0.2, 0.25) is 0 Å². The molecule has 2 aromatic heterocycles. The molecule has 2 heterocycles. The lowest BCUT2D eigenvalue weighted by Gasteiger charge is -2.14. The van der Waals surface area contributed by atoms with E-state index in [0.29, 0.717) is 6.04 Å². The van der Waals surface area contributed by atoms with E-state index in [9.17, 15) is 0 Å². The Hall–Kier alpha value is -1.91. The molecular weight excluding hydrogens is 290 g/mol. The van der Waals surface area contributed by atoms with Crippen molar-refractivity contribution in [3.8, 4) is 0 Å². The second-order valence-corrected chi connectivity index (χ2v) is 6.48. The first-order chi connectivity index (χ1) is 10.7. The third-order valence-corrected chi connectivity index (χ3v) is 5.06. The van der Waals surface area contributed by atoms with Crippen molar-refractivity contribution in [1.82, 2.24) is 14.9 Å². The lowest BCUT2D eigenvalue weighted by molar-refractivity contribution is 0.548. The van der Waals surface area contributed by atoms with E-state index >= 15 is 0 Å². The first-order valence-corrected chi connectivity index (χ1v) is 8.43. The minimum Gasteiger partial charge on any atom is -0.329 e. The molecule has 4 heteroatoms. The summed E-state index contributed by atoms with van der Waals surface area (Å²) in [6.07, 6.45) is 3.92. The van der Waals surface area contributed by atoms with E-state index in [1.165, 1.54) is 16.0 Å². The zero-order valence-corrected chi connectivity index (χ0v) is 13.8. The molecule has 0 aliphatic heterocycles. The van der Waals surface area contributed by atoms with E-state index < -0.39 is 0 Å². The molecule has 1 aromatic carbocycles. The van der Waals surface area contributed by atoms with Crippen molar-refractivity contribution < 1.29 is 0 Å². The largest absolute Gasteiger partial charge is 0.329 e. The average molecular weight is 311 g/mol. The number of rotatable bonds is 6. The van der Waals surface area contributed by atoms with Gasteiger partial charge in [-0.25, -0.2) is 4.98 Å². The van der Waals surface area contributed by atoms with Crippen molar-refractivity contribution in [2.75, 3.05) is 0 Å². The highest BCUT2D eigenvalue weighted by atomic mass is 32.1. The predicted octanol–water partition coefficient (Wildman–Crippen LogP) is 4.15. The quantitative estimate of drug-likeness (QED) is 0.741. The van der Waals surface area contributed by atoms with Crippen LogP contribution in [0.1, 0.15) is 34.8 Å². The van der Waals surface area contributed by atoms with Gasteiger partial charge in [-0.2, -0.15) is 0 Å². The standard InChI is InChI=1S/C18H21N3S/c1-14-8-11-22-18(14)15(2)20-12-17-19-9-10-21(17)13-16-6-4-3-5-7-16/h3-11,15,20H,12-13H2,1-2H3/t15-/m1/s1. The summed E-state index contributed by atoms with van der Waals surface area (Å²) in [5, 5.41) is 5.73. The summed E-state index contributed by atoms with van der Waals surface area (Å²) in [5.74, 6) is 1.07. The second-order valence-electron chi connectivity index (χ2n) is 5.53. The molecular formula is C18H21N3S. The molecule has 0 aliphatic rings. The highest BCUT2D eigenvalue weighted by Crippen LogP contribution is 2.23. The maximum absolute atomic E-state index is 4.49. The summed E-state index contributed by atoms with van der Waals surface area (Å²) in [4.78, 5) is 5.90. The van der Waals surface area contributed by atoms with Crippen LogP contribution in [0.3, 0.4) is 0 Å². The maximum atomic E-state index is 4.49. The third kappa shape index (κ3) is 3.46. The summed E-state index contributed by atoms with van der Waals surface area (Å²) in [5.41, 5.74) is 2.65. The highest BCUT2D eigenvalue weighted by Gasteiger charge is 2.11. The average Bonchev–Trinajstić information content (AvgIpc) is 3.15. The van der Waals surface area contributed by atoms with Crippen molar-refractivity contribution in [2.24, 2.45) is 0 Å². The molecule has 114 valence electrons. The van der Waals surface area contributed by atoms with Crippen LogP contribution in [0.15, 0.2) is 54.2 Å². The Balaban J connectivity index is 1.64. The van der Waals surface area contributed by atoms with Gasteiger partial charge >= 0.3 is 0 Å². The van der Waals surface area contributed by atoms with E-state index in [4.69, 9.17) is 0 Å². The summed E-state index contributed by atoms with van der Waals surface area (Å²) < 4.78 is 2.20. The number of hydrogen-bond donors (Lipinski definition) is 1. The molecule has 1 atom stereocenters. The number of nitrogens with one attached hydrogen (secondary N) is 1. The van der Waals surface area contributed by atoms with Gasteiger partial charge in [-0.15, -0.1) is 11.3 Å². The zero-order chi connectivity index (χ0) is 15.4. The minimum atomic E-state index is 0.349. The van der Waals surface area contributed by atoms with Crippen molar-refractivity contribution >= 4 is 11.3 Å². The minimum absolute atomic E-state index is 0.349. The molecule has 22 heavy (non-hydrogen) atoms. The number of aryl methyl sites for hydroxylation is 1. The number of imidazole rings is 1. The van der Waals surface area contributed by atoms with Crippen LogP contribution in [0.25, 0.3) is 0 Å². The molecule has 0 radical (unpaired) electrons. The van der Waals surface area contributed by atoms with Gasteiger partial charge < -0.3 is 9.88 Å². The van der Waals surface area contributed by atoms with Crippen LogP contribution >= 0.6 is 11.3 Å². The van der Waals surface area contributed by atoms with Gasteiger partial charge in [-0.3, -0.25) is 0 Å². The summed E-state index contributed by atoms with van der Waals surface area (Å²) in [7, 11) is 0. The van der Waals surface area contributed by atoms with E-state index in [1.807, 2.05) is 29.8 Å². The van der Waals surface area contributed by atoms with Crippen molar-refractivity contribution in [1.29, 1.82) is 0 Å². The molecule has 0 saturated heterocycles. The Morgan fingerprint density at radius 3 is 2.77 bits per heavy atom. The van der Waals surface area contributed by atoms with Gasteiger partial charge in [0, 0.05) is 29.9 Å². The van der Waals surface area contributed by atoms with Crippen LogP contribution in [-0.2, 0) is 13.1 Å². The van der Waals surface area contributed by atoms with Crippen LogP contribution in [0.2, 0.25) is 0 Å². The summed E-state index contributed by atoms with van der Waals surface area (Å²) in [6, 6.07) is 13.0. The highest BCUT2D eigenvalue weighted by molar-refractivity contribution is 7.10. The molecule has 0 bridgehead atoms. The lowest BCUT2D eigenvalue weighted by Crippen LogP contribution is -2.20. The van der Waals surface area contributed by atoms with E-state index in [0.717, 1.165) is 18.9 Å². The summed E-state index contributed by atoms with van der Waals surface area (Å²) >= 11 is 1.81. The topological polar surface area (TPSA) is 29.9 Å². The van der Waals surface area contributed by atoms with E-state index in [2.05, 4.69) is 64.4 Å². The van der Waals surface area contributed by atoms with Crippen molar-refractivity contribution in [3.63, 3.8) is 0 Å². The maximum Gasteiger partial charge on any atom is 0.122 e. The molecule has 0 amide bonds. The Morgan fingerprint density at radius 2 is 2.05 bits per heavy atom. The first kappa shape index (κ1) is 15.0. The number of thiophene rings is 1. The predicted molar refractivity (Wildman–Crippen MR) is 92.1 cm³/mol. The molecule has 3 aromatic rings. The SMILES string of the molecule is Cc1ccsc1[C@@H](C)NCc1nccn1Cc1ccccc1. The van der Waals surface area contributed by atoms with Crippen molar-refractivity contribution in [3.05, 3.63) is 76.0 Å². The molecule has 0 fully saturated rings. The van der Waals surface area contributed by atoms with Crippen LogP contribution in [0.5, 0.6) is 0 Å². The zero-order valence-electron chi connectivity index (χ0n) is 13.0. The monoisotopic (exact) mass is 311 g/mol. The van der Waals surface area contributed by atoms with Crippen LogP contribution < -0.4 is 5.32 Å². The molecule has 3 rings (SSSR count). The Kier molecular flexibility index (Phi) is 4.71. The molecule has 0 unspecified atom stereocenters. The van der Waals surface area contributed by atoms with Crippen LogP contribution in [0.4, 0.5) is 0 Å². The Labute approximate surface area is 135 Å². The smallest absolute Gasteiger partial charge is 0.122 e. The fourth-order valence-electron chi connectivity index (χ4n) is 2.60. The van der Waals surface area contributed by atoms with Crippen LogP contribution in [-0.4, -0.2) is 9.55 Å². The number of benzene rings is 1. The van der Waals surface area contributed by atoms with Gasteiger partial charge in [0.05, 0.1) is 6.54 Å².